The van der Waals surface area contributed by atoms with Gasteiger partial charge in [-0.25, -0.2) is 4.39 Å². The number of carbonyl (C=O) groups excluding carboxylic acids is 1. The third-order valence-electron chi connectivity index (χ3n) is 8.02. The molecule has 0 aliphatic carbocycles. The van der Waals surface area contributed by atoms with Gasteiger partial charge in [0.1, 0.15) is 30.0 Å². The Morgan fingerprint density at radius 1 is 1.17 bits per heavy atom. The molecular formula is C26H33FN6O3. The molecular weight excluding hydrogens is 463 g/mol. The van der Waals surface area contributed by atoms with Gasteiger partial charge in [0.05, 0.1) is 18.3 Å². The van der Waals surface area contributed by atoms with Crippen molar-refractivity contribution >= 4 is 17.4 Å². The number of anilines is 2. The fourth-order valence-electron chi connectivity index (χ4n) is 6.25. The summed E-state index contributed by atoms with van der Waals surface area (Å²) in [6, 6.07) is 7.72. The number of benzene rings is 1. The molecule has 36 heavy (non-hydrogen) atoms. The fourth-order valence-corrected chi connectivity index (χ4v) is 6.25. The van der Waals surface area contributed by atoms with Gasteiger partial charge in [0.15, 0.2) is 0 Å². The summed E-state index contributed by atoms with van der Waals surface area (Å²) in [5.41, 5.74) is 1.66. The summed E-state index contributed by atoms with van der Waals surface area (Å²) in [5, 5.41) is 3.37. The van der Waals surface area contributed by atoms with Gasteiger partial charge >= 0.3 is 6.01 Å². The lowest BCUT2D eigenvalue weighted by atomic mass is 9.95. The van der Waals surface area contributed by atoms with E-state index in [2.05, 4.69) is 20.1 Å². The molecule has 0 bridgehead atoms. The van der Waals surface area contributed by atoms with Crippen molar-refractivity contribution in [2.45, 2.75) is 37.4 Å². The second kappa shape index (κ2) is 9.48. The van der Waals surface area contributed by atoms with Crippen LogP contribution in [0.2, 0.25) is 0 Å². The first-order valence-electron chi connectivity index (χ1n) is 12.9. The minimum atomic E-state index is -0.828. The maximum Gasteiger partial charge on any atom is 0.319 e. The lowest BCUT2D eigenvalue weighted by Crippen LogP contribution is -2.46. The number of halogens is 1. The fraction of sp³-hybridized carbons (Fsp3) is 0.577. The van der Waals surface area contributed by atoms with Crippen LogP contribution < -0.4 is 24.6 Å². The summed E-state index contributed by atoms with van der Waals surface area (Å²) in [5.74, 6) is 1.24. The Morgan fingerprint density at radius 2 is 2.00 bits per heavy atom. The topological polar surface area (TPSA) is 83.1 Å². The van der Waals surface area contributed by atoms with Crippen LogP contribution in [-0.4, -0.2) is 92.0 Å². The van der Waals surface area contributed by atoms with Gasteiger partial charge in [-0.2, -0.15) is 9.97 Å². The number of nitrogens with one attached hydrogen (secondary N) is 1. The Hall–Kier alpha value is -2.98. The molecule has 1 amide bonds. The highest BCUT2D eigenvalue weighted by molar-refractivity contribution is 6.08. The van der Waals surface area contributed by atoms with E-state index < -0.39 is 6.17 Å². The van der Waals surface area contributed by atoms with Crippen LogP contribution in [0.25, 0.3) is 0 Å². The summed E-state index contributed by atoms with van der Waals surface area (Å²) in [7, 11) is 1.61. The van der Waals surface area contributed by atoms with Crippen LogP contribution in [-0.2, 0) is 6.42 Å². The molecule has 6 rings (SSSR count). The molecule has 10 heteroatoms. The van der Waals surface area contributed by atoms with Crippen molar-refractivity contribution in [1.29, 1.82) is 0 Å². The number of ether oxygens (including phenoxy) is 2. The molecule has 2 aromatic rings. The van der Waals surface area contributed by atoms with Crippen LogP contribution in [0.1, 0.15) is 35.3 Å². The highest BCUT2D eigenvalue weighted by atomic mass is 19.1. The molecule has 0 saturated carbocycles. The number of aromatic nitrogens is 2. The van der Waals surface area contributed by atoms with Gasteiger partial charge < -0.3 is 24.6 Å². The molecule has 1 N–H and O–H groups in total. The number of alkyl halides is 1. The largest absolute Gasteiger partial charge is 0.495 e. The highest BCUT2D eigenvalue weighted by Crippen LogP contribution is 2.41. The average Bonchev–Trinajstić information content (AvgIpc) is 3.43. The summed E-state index contributed by atoms with van der Waals surface area (Å²) >= 11 is 0. The second-order valence-corrected chi connectivity index (χ2v) is 10.1. The van der Waals surface area contributed by atoms with Crippen LogP contribution in [0.4, 0.5) is 15.9 Å². The molecule has 5 heterocycles. The molecule has 2 atom stereocenters. The van der Waals surface area contributed by atoms with Crippen LogP contribution in [0.3, 0.4) is 0 Å². The molecule has 9 nitrogen and oxygen atoms in total. The Bertz CT molecular complexity index is 1140. The number of hydrogen-bond acceptors (Lipinski definition) is 8. The molecule has 1 aromatic carbocycles. The number of methoxy groups -OCH3 is 1. The standard InChI is InChI=1S/C26H33FN6O3/c1-35-21-6-3-2-5-20(21)33-12-7-19-22(24(33)34)29-25(30-23(19)31-13-9-28-10-14-31)36-17-26-8-4-11-32(26)16-18(27)15-26/h2-3,5-6,18,28H,4,7-17H2,1H3/t18-,26+/m1/s1. The van der Waals surface area contributed by atoms with Crippen molar-refractivity contribution in [1.82, 2.24) is 20.2 Å². The first-order valence-corrected chi connectivity index (χ1v) is 12.9. The molecule has 3 fully saturated rings. The second-order valence-electron chi connectivity index (χ2n) is 10.1. The Morgan fingerprint density at radius 3 is 2.83 bits per heavy atom. The molecule has 4 aliphatic rings. The smallest absolute Gasteiger partial charge is 0.319 e. The van der Waals surface area contributed by atoms with Gasteiger partial charge in [-0.1, -0.05) is 12.1 Å². The first kappa shape index (κ1) is 23.4. The third kappa shape index (κ3) is 4.06. The van der Waals surface area contributed by atoms with Gasteiger partial charge in [-0.15, -0.1) is 0 Å². The zero-order valence-electron chi connectivity index (χ0n) is 20.7. The number of rotatable bonds is 6. The minimum Gasteiger partial charge on any atom is -0.495 e. The van der Waals surface area contributed by atoms with Crippen molar-refractivity contribution in [3.63, 3.8) is 0 Å². The summed E-state index contributed by atoms with van der Waals surface area (Å²) in [6.45, 7) is 5.52. The number of carbonyl (C=O) groups is 1. The first-order chi connectivity index (χ1) is 17.6. The number of amides is 1. The Balaban J connectivity index is 1.34. The average molecular weight is 497 g/mol. The Kier molecular flexibility index (Phi) is 6.17. The van der Waals surface area contributed by atoms with Gasteiger partial charge in [-0.05, 0) is 37.9 Å². The van der Waals surface area contributed by atoms with Crippen LogP contribution in [0, 0.1) is 0 Å². The highest BCUT2D eigenvalue weighted by Gasteiger charge is 2.49. The van der Waals surface area contributed by atoms with E-state index in [1.807, 2.05) is 24.3 Å². The van der Waals surface area contributed by atoms with Crippen LogP contribution >= 0.6 is 0 Å². The van der Waals surface area contributed by atoms with Crippen molar-refractivity contribution in [3.05, 3.63) is 35.5 Å². The maximum atomic E-state index is 14.3. The minimum absolute atomic E-state index is 0.185. The number of piperazine rings is 1. The third-order valence-corrected chi connectivity index (χ3v) is 8.02. The van der Waals surface area contributed by atoms with Crippen molar-refractivity contribution in [2.24, 2.45) is 0 Å². The monoisotopic (exact) mass is 496 g/mol. The van der Waals surface area contributed by atoms with E-state index in [0.717, 1.165) is 62.6 Å². The molecule has 192 valence electrons. The normalized spacial score (nSPS) is 26.2. The zero-order chi connectivity index (χ0) is 24.7. The number of hydrogen-bond donors (Lipinski definition) is 1. The van der Waals surface area contributed by atoms with Gasteiger partial charge in [0.2, 0.25) is 0 Å². The Labute approximate surface area is 210 Å². The zero-order valence-corrected chi connectivity index (χ0v) is 20.7. The maximum absolute atomic E-state index is 14.3. The van der Waals surface area contributed by atoms with Crippen molar-refractivity contribution in [3.8, 4) is 11.8 Å². The van der Waals surface area contributed by atoms with Crippen molar-refractivity contribution < 1.29 is 18.7 Å². The van der Waals surface area contributed by atoms with E-state index in [0.29, 0.717) is 44.0 Å². The SMILES string of the molecule is COc1ccccc1N1CCc2c(nc(OC[C@@]34CCCN3C[C@H](F)C4)nc2N2CCNCC2)C1=O. The number of para-hydroxylation sites is 2. The van der Waals surface area contributed by atoms with Crippen LogP contribution in [0.5, 0.6) is 11.8 Å². The van der Waals surface area contributed by atoms with Gasteiger partial charge in [0.25, 0.3) is 5.91 Å². The lowest BCUT2D eigenvalue weighted by molar-refractivity contribution is 0.0963. The van der Waals surface area contributed by atoms with E-state index in [4.69, 9.17) is 14.5 Å². The van der Waals surface area contributed by atoms with Crippen LogP contribution in [0.15, 0.2) is 24.3 Å². The van der Waals surface area contributed by atoms with E-state index in [9.17, 15) is 9.18 Å². The summed E-state index contributed by atoms with van der Waals surface area (Å²) < 4.78 is 26.0. The van der Waals surface area contributed by atoms with Gasteiger partial charge in [-0.3, -0.25) is 9.69 Å². The van der Waals surface area contributed by atoms with E-state index >= 15 is 0 Å². The quantitative estimate of drug-likeness (QED) is 0.651. The molecule has 0 radical (unpaired) electrons. The molecule has 3 saturated heterocycles. The summed E-state index contributed by atoms with van der Waals surface area (Å²) in [4.78, 5) is 29.4. The molecule has 1 aromatic heterocycles. The van der Waals surface area contributed by atoms with E-state index in [-0.39, 0.29) is 17.5 Å². The van der Waals surface area contributed by atoms with Gasteiger partial charge in [0, 0.05) is 51.3 Å². The van der Waals surface area contributed by atoms with E-state index in [1.54, 1.807) is 12.0 Å². The number of nitrogens with zero attached hydrogens (tertiary/aromatic N) is 5. The number of fused-ring (bicyclic) bond motifs is 2. The predicted octanol–water partition coefficient (Wildman–Crippen LogP) is 2.05. The summed E-state index contributed by atoms with van der Waals surface area (Å²) in [6.07, 6.45) is 2.23. The molecule has 4 aliphatic heterocycles. The molecule has 0 spiro atoms. The lowest BCUT2D eigenvalue weighted by Gasteiger charge is -2.35. The predicted molar refractivity (Wildman–Crippen MR) is 134 cm³/mol. The molecule has 0 unspecified atom stereocenters. The van der Waals surface area contributed by atoms with Crippen molar-refractivity contribution in [2.75, 3.05) is 69.3 Å². The van der Waals surface area contributed by atoms with E-state index in [1.165, 1.54) is 0 Å².